The zero-order valence-electron chi connectivity index (χ0n) is 21.1. The quantitative estimate of drug-likeness (QED) is 0.392. The van der Waals surface area contributed by atoms with Gasteiger partial charge in [0.15, 0.2) is 11.6 Å². The Labute approximate surface area is 207 Å². The summed E-state index contributed by atoms with van der Waals surface area (Å²) in [4.78, 5) is 2.27. The lowest BCUT2D eigenvalue weighted by atomic mass is 10.1. The molecule has 4 rings (SSSR count). The zero-order valence-corrected chi connectivity index (χ0v) is 21.1. The molecule has 1 fully saturated rings. The molecule has 1 heterocycles. The Bertz CT molecular complexity index is 1110. The van der Waals surface area contributed by atoms with Crippen LogP contribution in [0.1, 0.15) is 51.8 Å². The van der Waals surface area contributed by atoms with Gasteiger partial charge >= 0.3 is 0 Å². The predicted molar refractivity (Wildman–Crippen MR) is 135 cm³/mol. The smallest absolute Gasteiger partial charge is 0.227 e. The Hall–Kier alpha value is -2.74. The van der Waals surface area contributed by atoms with Crippen LogP contribution in [0, 0.1) is 5.82 Å². The van der Waals surface area contributed by atoms with Gasteiger partial charge in [0.1, 0.15) is 0 Å². The Morgan fingerprint density at radius 2 is 1.80 bits per heavy atom. The summed E-state index contributed by atoms with van der Waals surface area (Å²) in [6.45, 7) is 9.32. The van der Waals surface area contributed by atoms with Crippen LogP contribution in [0.5, 0.6) is 11.6 Å². The van der Waals surface area contributed by atoms with Crippen molar-refractivity contribution < 1.29 is 19.0 Å². The van der Waals surface area contributed by atoms with Gasteiger partial charge in [0.2, 0.25) is 5.88 Å². The SMILES string of the molecule is CCc1nn(-c2ccccc2)c(Oc2ccccc2F)c1CN(CC(O)COC(C)(C)C)C1CC1. The molecule has 1 aliphatic rings. The molecular formula is C28H36FN3O3. The number of benzene rings is 2. The normalized spacial score (nSPS) is 14.9. The minimum absolute atomic E-state index is 0.157. The number of halogens is 1. The highest BCUT2D eigenvalue weighted by Crippen LogP contribution is 2.36. The molecule has 1 saturated carbocycles. The second-order valence-corrected chi connectivity index (χ2v) is 10.1. The van der Waals surface area contributed by atoms with E-state index in [2.05, 4.69) is 11.8 Å². The summed E-state index contributed by atoms with van der Waals surface area (Å²) in [5.41, 5.74) is 2.34. The van der Waals surface area contributed by atoms with Crippen LogP contribution in [0.2, 0.25) is 0 Å². The van der Waals surface area contributed by atoms with Crippen LogP contribution in [0.4, 0.5) is 4.39 Å². The standard InChI is InChI=1S/C28H36FN3O3/c1-5-25-23(18-31(20-15-16-20)17-22(33)19-34-28(2,3)4)27(35-26-14-10-9-13-24(26)29)32(30-25)21-11-7-6-8-12-21/h6-14,20,22,33H,5,15-19H2,1-4H3. The first-order valence-electron chi connectivity index (χ1n) is 12.4. The highest BCUT2D eigenvalue weighted by molar-refractivity contribution is 5.44. The van der Waals surface area contributed by atoms with Crippen LogP contribution in [-0.2, 0) is 17.7 Å². The van der Waals surface area contributed by atoms with E-state index in [0.29, 0.717) is 31.4 Å². The molecule has 1 aliphatic carbocycles. The molecular weight excluding hydrogens is 445 g/mol. The fraction of sp³-hybridized carbons (Fsp3) is 0.464. The summed E-state index contributed by atoms with van der Waals surface area (Å²) < 4.78 is 28.4. The van der Waals surface area contributed by atoms with Crippen LogP contribution >= 0.6 is 0 Å². The van der Waals surface area contributed by atoms with Crippen molar-refractivity contribution >= 4 is 0 Å². The van der Waals surface area contributed by atoms with Crippen LogP contribution in [0.25, 0.3) is 5.69 Å². The summed E-state index contributed by atoms with van der Waals surface area (Å²) in [6.07, 6.45) is 2.27. The average molecular weight is 482 g/mol. The summed E-state index contributed by atoms with van der Waals surface area (Å²) in [6, 6.07) is 16.5. The largest absolute Gasteiger partial charge is 0.435 e. The van der Waals surface area contributed by atoms with Gasteiger partial charge in [-0.15, -0.1) is 0 Å². The molecule has 0 spiro atoms. The number of hydrogen-bond acceptors (Lipinski definition) is 5. The number of rotatable bonds is 11. The Kier molecular flexibility index (Phi) is 7.89. The van der Waals surface area contributed by atoms with E-state index in [1.165, 1.54) is 6.07 Å². The van der Waals surface area contributed by atoms with E-state index < -0.39 is 11.9 Å². The van der Waals surface area contributed by atoms with Crippen molar-refractivity contribution in [2.45, 2.75) is 71.2 Å². The summed E-state index contributed by atoms with van der Waals surface area (Å²) in [5.74, 6) is 0.236. The topological polar surface area (TPSA) is 59.8 Å². The molecule has 0 aliphatic heterocycles. The number of para-hydroxylation sites is 2. The second-order valence-electron chi connectivity index (χ2n) is 10.1. The molecule has 0 radical (unpaired) electrons. The highest BCUT2D eigenvalue weighted by atomic mass is 19.1. The van der Waals surface area contributed by atoms with E-state index in [0.717, 1.165) is 29.8 Å². The van der Waals surface area contributed by atoms with Gasteiger partial charge in [-0.1, -0.05) is 37.3 Å². The first kappa shape index (κ1) is 25.4. The molecule has 6 nitrogen and oxygen atoms in total. The number of nitrogens with zero attached hydrogens (tertiary/aromatic N) is 3. The molecule has 1 N–H and O–H groups in total. The third kappa shape index (κ3) is 6.69. The highest BCUT2D eigenvalue weighted by Gasteiger charge is 2.33. The molecule has 1 unspecified atom stereocenters. The molecule has 7 heteroatoms. The summed E-state index contributed by atoms with van der Waals surface area (Å²) in [5, 5.41) is 15.6. The monoisotopic (exact) mass is 481 g/mol. The zero-order chi connectivity index (χ0) is 25.0. The Morgan fingerprint density at radius 1 is 1.11 bits per heavy atom. The lowest BCUT2D eigenvalue weighted by Crippen LogP contribution is -2.38. The first-order chi connectivity index (χ1) is 16.7. The Morgan fingerprint density at radius 3 is 2.43 bits per heavy atom. The second kappa shape index (κ2) is 10.9. The summed E-state index contributed by atoms with van der Waals surface area (Å²) >= 11 is 0. The minimum atomic E-state index is -0.611. The van der Waals surface area contributed by atoms with Crippen molar-refractivity contribution in [2.24, 2.45) is 0 Å². The van der Waals surface area contributed by atoms with E-state index in [1.54, 1.807) is 22.9 Å². The van der Waals surface area contributed by atoms with E-state index in [-0.39, 0.29) is 18.0 Å². The van der Waals surface area contributed by atoms with Gasteiger partial charge < -0.3 is 14.6 Å². The number of aryl methyl sites for hydroxylation is 1. The molecule has 3 aromatic rings. The van der Waals surface area contributed by atoms with Gasteiger partial charge in [0.05, 0.1) is 35.3 Å². The van der Waals surface area contributed by atoms with Crippen LogP contribution in [0.15, 0.2) is 54.6 Å². The molecule has 188 valence electrons. The maximum atomic E-state index is 14.6. The molecule has 1 aromatic heterocycles. The lowest BCUT2D eigenvalue weighted by Gasteiger charge is -2.27. The van der Waals surface area contributed by atoms with Gasteiger partial charge in [-0.05, 0) is 64.3 Å². The number of aromatic nitrogens is 2. The fourth-order valence-corrected chi connectivity index (χ4v) is 4.06. The van der Waals surface area contributed by atoms with Gasteiger partial charge in [-0.3, -0.25) is 4.90 Å². The molecule has 2 aromatic carbocycles. The molecule has 1 atom stereocenters. The number of aliphatic hydroxyl groups is 1. The van der Waals surface area contributed by atoms with Gasteiger partial charge in [0.25, 0.3) is 0 Å². The molecule has 0 amide bonds. The van der Waals surface area contributed by atoms with Crippen molar-refractivity contribution in [3.8, 4) is 17.3 Å². The fourth-order valence-electron chi connectivity index (χ4n) is 4.06. The van der Waals surface area contributed by atoms with Crippen molar-refractivity contribution in [2.75, 3.05) is 13.2 Å². The number of ether oxygens (including phenoxy) is 2. The average Bonchev–Trinajstić information content (AvgIpc) is 3.62. The Balaban J connectivity index is 1.67. The van der Waals surface area contributed by atoms with Crippen LogP contribution in [-0.4, -0.2) is 50.7 Å². The van der Waals surface area contributed by atoms with E-state index in [4.69, 9.17) is 14.6 Å². The van der Waals surface area contributed by atoms with E-state index in [9.17, 15) is 9.50 Å². The van der Waals surface area contributed by atoms with Crippen molar-refractivity contribution in [1.29, 1.82) is 0 Å². The van der Waals surface area contributed by atoms with E-state index >= 15 is 0 Å². The van der Waals surface area contributed by atoms with Gasteiger partial charge in [-0.2, -0.15) is 5.10 Å². The minimum Gasteiger partial charge on any atom is -0.435 e. The van der Waals surface area contributed by atoms with E-state index in [1.807, 2.05) is 51.1 Å². The maximum Gasteiger partial charge on any atom is 0.227 e. The van der Waals surface area contributed by atoms with Crippen molar-refractivity contribution in [1.82, 2.24) is 14.7 Å². The maximum absolute atomic E-state index is 14.6. The molecule has 35 heavy (non-hydrogen) atoms. The first-order valence-corrected chi connectivity index (χ1v) is 12.4. The predicted octanol–water partition coefficient (Wildman–Crippen LogP) is 5.51. The third-order valence-corrected chi connectivity index (χ3v) is 5.98. The number of aliphatic hydroxyl groups excluding tert-OH is 1. The van der Waals surface area contributed by atoms with Crippen molar-refractivity contribution in [3.63, 3.8) is 0 Å². The molecule has 0 saturated heterocycles. The molecule has 0 bridgehead atoms. The van der Waals surface area contributed by atoms with Crippen molar-refractivity contribution in [3.05, 3.63) is 71.7 Å². The van der Waals surface area contributed by atoms with Crippen LogP contribution < -0.4 is 4.74 Å². The summed E-state index contributed by atoms with van der Waals surface area (Å²) in [7, 11) is 0. The van der Waals surface area contributed by atoms with Crippen LogP contribution in [0.3, 0.4) is 0 Å². The number of hydrogen-bond donors (Lipinski definition) is 1. The third-order valence-electron chi connectivity index (χ3n) is 5.98. The van der Waals surface area contributed by atoms with Gasteiger partial charge in [0, 0.05) is 19.1 Å². The van der Waals surface area contributed by atoms with Gasteiger partial charge in [-0.25, -0.2) is 9.07 Å². The lowest BCUT2D eigenvalue weighted by molar-refractivity contribution is -0.0573.